The molecule has 0 spiro atoms. The molecule has 1 fully saturated rings. The number of primary amides is 1. The highest BCUT2D eigenvalue weighted by molar-refractivity contribution is 5.85. The summed E-state index contributed by atoms with van der Waals surface area (Å²) in [6.07, 6.45) is 4.72. The molecule has 0 unspecified atom stereocenters. The summed E-state index contributed by atoms with van der Waals surface area (Å²) in [4.78, 5) is 16.0. The van der Waals surface area contributed by atoms with Gasteiger partial charge < -0.3 is 16.2 Å². The molecule has 1 aliphatic rings. The summed E-state index contributed by atoms with van der Waals surface area (Å²) in [5.74, 6) is 1.21. The van der Waals surface area contributed by atoms with Crippen molar-refractivity contribution in [3.63, 3.8) is 0 Å². The lowest BCUT2D eigenvalue weighted by molar-refractivity contribution is -0.117. The Balaban J connectivity index is 0.00000300. The van der Waals surface area contributed by atoms with Crippen molar-refractivity contribution in [1.82, 2.24) is 14.8 Å². The van der Waals surface area contributed by atoms with Crippen LogP contribution >= 0.6 is 12.4 Å². The van der Waals surface area contributed by atoms with Gasteiger partial charge in [0.1, 0.15) is 5.82 Å². The van der Waals surface area contributed by atoms with Gasteiger partial charge in [0.05, 0.1) is 12.5 Å². The monoisotopic (exact) mass is 421 g/mol. The normalized spacial score (nSPS) is 21.5. The van der Waals surface area contributed by atoms with Crippen molar-refractivity contribution in [2.75, 3.05) is 6.61 Å². The van der Waals surface area contributed by atoms with Gasteiger partial charge in [0.2, 0.25) is 5.91 Å². The van der Waals surface area contributed by atoms with Gasteiger partial charge in [-0.3, -0.25) is 4.79 Å². The molecule has 1 heterocycles. The number of amides is 1. The van der Waals surface area contributed by atoms with E-state index in [1.54, 1.807) is 0 Å². The summed E-state index contributed by atoms with van der Waals surface area (Å²) in [7, 11) is 0. The second kappa shape index (κ2) is 11.3. The first kappa shape index (κ1) is 23.3. The predicted octanol–water partition coefficient (Wildman–Crippen LogP) is 2.36. The summed E-state index contributed by atoms with van der Waals surface area (Å²) in [6, 6.07) is 10.3. The van der Waals surface area contributed by atoms with Crippen LogP contribution in [0, 0.1) is 0 Å². The van der Waals surface area contributed by atoms with Crippen molar-refractivity contribution in [2.24, 2.45) is 11.5 Å². The number of hydrogen-bond acceptors (Lipinski definition) is 5. The summed E-state index contributed by atoms with van der Waals surface area (Å²) in [6.45, 7) is 3.57. The number of ether oxygens (including phenoxy) is 1. The second-order valence-electron chi connectivity index (χ2n) is 7.57. The van der Waals surface area contributed by atoms with Gasteiger partial charge in [-0.25, -0.2) is 9.67 Å². The highest BCUT2D eigenvalue weighted by atomic mass is 35.5. The van der Waals surface area contributed by atoms with Gasteiger partial charge >= 0.3 is 0 Å². The number of carbonyl (C=O) groups excluding carboxylic acids is 1. The van der Waals surface area contributed by atoms with E-state index in [0.717, 1.165) is 44.5 Å². The quantitative estimate of drug-likeness (QED) is 0.645. The van der Waals surface area contributed by atoms with Crippen molar-refractivity contribution in [2.45, 2.75) is 70.1 Å². The molecule has 1 saturated carbocycles. The number of hydrogen-bond donors (Lipinski definition) is 2. The first-order chi connectivity index (χ1) is 13.6. The molecule has 8 heteroatoms. The summed E-state index contributed by atoms with van der Waals surface area (Å²) in [5.41, 5.74) is 13.0. The minimum atomic E-state index is -0.417. The molecular formula is C21H32ClN5O2. The Hall–Kier alpha value is -1.96. The molecular weight excluding hydrogens is 390 g/mol. The maximum absolute atomic E-state index is 11.3. The van der Waals surface area contributed by atoms with Gasteiger partial charge in [-0.05, 0) is 37.7 Å². The number of halogens is 1. The van der Waals surface area contributed by atoms with Crippen molar-refractivity contribution in [3.8, 4) is 0 Å². The number of benzene rings is 1. The lowest BCUT2D eigenvalue weighted by Crippen LogP contribution is -2.42. The second-order valence-corrected chi connectivity index (χ2v) is 7.57. The van der Waals surface area contributed by atoms with E-state index in [-0.39, 0.29) is 36.9 Å². The first-order valence-electron chi connectivity index (χ1n) is 10.2. The van der Waals surface area contributed by atoms with Crippen molar-refractivity contribution < 1.29 is 9.53 Å². The van der Waals surface area contributed by atoms with Gasteiger partial charge in [0.15, 0.2) is 5.82 Å². The number of nitrogens with zero attached hydrogens (tertiary/aromatic N) is 3. The number of carbonyl (C=O) groups is 1. The Morgan fingerprint density at radius 1 is 1.28 bits per heavy atom. The molecule has 1 aromatic carbocycles. The zero-order chi connectivity index (χ0) is 19.9. The highest BCUT2D eigenvalue weighted by Crippen LogP contribution is 2.33. The van der Waals surface area contributed by atoms with E-state index in [0.29, 0.717) is 12.4 Å². The largest absolute Gasteiger partial charge is 0.377 e. The lowest BCUT2D eigenvalue weighted by Gasteiger charge is -2.33. The molecule has 4 N–H and O–H groups in total. The highest BCUT2D eigenvalue weighted by Gasteiger charge is 2.32. The van der Waals surface area contributed by atoms with E-state index in [1.807, 2.05) is 22.9 Å². The number of aryl methyl sites for hydroxylation is 2. The molecule has 1 aliphatic carbocycles. The van der Waals surface area contributed by atoms with E-state index >= 15 is 0 Å². The van der Waals surface area contributed by atoms with Crippen molar-refractivity contribution in [3.05, 3.63) is 47.5 Å². The Bertz CT molecular complexity index is 768. The minimum Gasteiger partial charge on any atom is -0.377 e. The van der Waals surface area contributed by atoms with Gasteiger partial charge in [-0.15, -0.1) is 12.4 Å². The minimum absolute atomic E-state index is 0. The molecule has 160 valence electrons. The molecule has 0 bridgehead atoms. The molecule has 3 atom stereocenters. The average Bonchev–Trinajstić information content (AvgIpc) is 3.08. The zero-order valence-electron chi connectivity index (χ0n) is 17.0. The van der Waals surface area contributed by atoms with Crippen LogP contribution in [0.4, 0.5) is 0 Å². The third-order valence-electron chi connectivity index (χ3n) is 5.27. The summed E-state index contributed by atoms with van der Waals surface area (Å²) >= 11 is 0. The average molecular weight is 422 g/mol. The van der Waals surface area contributed by atoms with Crippen molar-refractivity contribution >= 4 is 18.3 Å². The van der Waals surface area contributed by atoms with E-state index in [1.165, 1.54) is 5.56 Å². The van der Waals surface area contributed by atoms with Crippen LogP contribution in [0.25, 0.3) is 0 Å². The Kier molecular flexibility index (Phi) is 9.07. The van der Waals surface area contributed by atoms with Gasteiger partial charge in [-0.1, -0.05) is 37.3 Å². The fourth-order valence-corrected chi connectivity index (χ4v) is 3.87. The first-order valence-corrected chi connectivity index (χ1v) is 10.2. The van der Waals surface area contributed by atoms with E-state index in [2.05, 4.69) is 29.1 Å². The van der Waals surface area contributed by atoms with Crippen LogP contribution in [0.3, 0.4) is 0 Å². The lowest BCUT2D eigenvalue weighted by atomic mass is 9.83. The van der Waals surface area contributed by atoms with Crippen LogP contribution in [0.15, 0.2) is 30.3 Å². The topological polar surface area (TPSA) is 109 Å². The fourth-order valence-electron chi connectivity index (χ4n) is 3.87. The molecule has 1 amide bonds. The third kappa shape index (κ3) is 6.52. The van der Waals surface area contributed by atoms with Crippen LogP contribution in [0.1, 0.15) is 55.7 Å². The summed E-state index contributed by atoms with van der Waals surface area (Å²) in [5, 5.41) is 4.57. The van der Waals surface area contributed by atoms with E-state index < -0.39 is 5.91 Å². The van der Waals surface area contributed by atoms with E-state index in [4.69, 9.17) is 16.2 Å². The molecule has 0 radical (unpaired) electrons. The zero-order valence-corrected chi connectivity index (χ0v) is 17.8. The third-order valence-corrected chi connectivity index (χ3v) is 5.27. The molecule has 3 rings (SSSR count). The molecule has 2 aromatic rings. The molecule has 1 aromatic heterocycles. The van der Waals surface area contributed by atoms with Crippen LogP contribution < -0.4 is 11.5 Å². The molecule has 7 nitrogen and oxygen atoms in total. The Morgan fingerprint density at radius 3 is 2.69 bits per heavy atom. The summed E-state index contributed by atoms with van der Waals surface area (Å²) < 4.78 is 7.83. The molecule has 0 saturated heterocycles. The molecule has 29 heavy (non-hydrogen) atoms. The smallest absolute Gasteiger partial charge is 0.225 e. The van der Waals surface area contributed by atoms with Gasteiger partial charge in [-0.2, -0.15) is 5.10 Å². The predicted molar refractivity (Wildman–Crippen MR) is 115 cm³/mol. The maximum Gasteiger partial charge on any atom is 0.225 e. The van der Waals surface area contributed by atoms with Crippen molar-refractivity contribution in [1.29, 1.82) is 0 Å². The van der Waals surface area contributed by atoms with Gasteiger partial charge in [0, 0.05) is 25.1 Å². The number of rotatable bonds is 9. The maximum atomic E-state index is 11.3. The van der Waals surface area contributed by atoms with E-state index in [9.17, 15) is 4.79 Å². The fraction of sp³-hybridized carbons (Fsp3) is 0.571. The Labute approximate surface area is 178 Å². The van der Waals surface area contributed by atoms with Crippen LogP contribution in [-0.4, -0.2) is 39.4 Å². The number of nitrogens with two attached hydrogens (primary N) is 2. The van der Waals surface area contributed by atoms with Crippen LogP contribution in [0.5, 0.6) is 0 Å². The Morgan fingerprint density at radius 2 is 2.03 bits per heavy atom. The van der Waals surface area contributed by atoms with Crippen LogP contribution in [0.2, 0.25) is 0 Å². The number of aromatic nitrogens is 3. The SMILES string of the molecule is CCCO[C@@H]1CC[C@H](c2nc(CC(N)=O)nn2CCc2ccccc2)C[C@H]1N.Cl. The standard InChI is InChI=1S/C21H31N5O2.ClH/c1-2-12-28-18-9-8-16(13-17(18)22)21-24-20(14-19(23)27)25-26(21)11-10-15-6-4-3-5-7-15;/h3-7,16-18H,2,8-14,22H2,1H3,(H2,23,27);1H/t16-,17+,18+;/m0./s1. The van der Waals surface area contributed by atoms with Crippen LogP contribution in [-0.2, 0) is 28.9 Å². The van der Waals surface area contributed by atoms with Gasteiger partial charge in [0.25, 0.3) is 0 Å². The molecule has 0 aliphatic heterocycles.